The van der Waals surface area contributed by atoms with Crippen molar-refractivity contribution in [2.75, 3.05) is 26.3 Å². The lowest BCUT2D eigenvalue weighted by Gasteiger charge is -2.36. The van der Waals surface area contributed by atoms with E-state index in [2.05, 4.69) is 5.32 Å². The Hall–Kier alpha value is -1.06. The molecule has 0 unspecified atom stereocenters. The summed E-state index contributed by atoms with van der Waals surface area (Å²) in [4.78, 5) is 0. The molecule has 0 saturated carbocycles. The van der Waals surface area contributed by atoms with Gasteiger partial charge in [0.15, 0.2) is 0 Å². The molecule has 1 fully saturated rings. The molecule has 1 aliphatic heterocycles. The predicted molar refractivity (Wildman–Crippen MR) is 68.2 cm³/mol. The molecule has 3 heteroatoms. The third-order valence-electron chi connectivity index (χ3n) is 3.54. The number of hydrogen-bond donors (Lipinski definition) is 2. The molecule has 0 amide bonds. The van der Waals surface area contributed by atoms with E-state index in [1.165, 1.54) is 0 Å². The highest BCUT2D eigenvalue weighted by molar-refractivity contribution is 5.20. The van der Waals surface area contributed by atoms with Gasteiger partial charge in [-0.05, 0) is 37.9 Å². The van der Waals surface area contributed by atoms with E-state index < -0.39 is 0 Å². The second kappa shape index (κ2) is 6.03. The van der Waals surface area contributed by atoms with Gasteiger partial charge < -0.3 is 15.2 Å². The summed E-state index contributed by atoms with van der Waals surface area (Å²) in [5.41, 5.74) is 0.0209. The number of para-hydroxylation sites is 1. The Morgan fingerprint density at radius 2 is 2.12 bits per heavy atom. The van der Waals surface area contributed by atoms with E-state index in [1.54, 1.807) is 0 Å². The van der Waals surface area contributed by atoms with Gasteiger partial charge in [-0.3, -0.25) is 0 Å². The second-order valence-corrected chi connectivity index (χ2v) is 4.85. The van der Waals surface area contributed by atoms with Crippen molar-refractivity contribution in [3.05, 3.63) is 30.3 Å². The third-order valence-corrected chi connectivity index (χ3v) is 3.54. The Bertz CT molecular complexity index is 320. The second-order valence-electron chi connectivity index (χ2n) is 4.85. The molecule has 1 aromatic carbocycles. The first-order chi connectivity index (χ1) is 8.35. The molecule has 0 bridgehead atoms. The van der Waals surface area contributed by atoms with Crippen molar-refractivity contribution in [2.45, 2.75) is 19.3 Å². The van der Waals surface area contributed by atoms with Gasteiger partial charge >= 0.3 is 0 Å². The van der Waals surface area contributed by atoms with Crippen LogP contribution >= 0.6 is 0 Å². The Kier molecular flexibility index (Phi) is 4.40. The minimum atomic E-state index is 0.0209. The maximum Gasteiger partial charge on any atom is 0.119 e. The normalized spacial score (nSPS) is 24.5. The SMILES string of the molecule is OC[C@@]1(CCOc2ccccc2)CCCNC1. The first-order valence-electron chi connectivity index (χ1n) is 6.34. The average Bonchev–Trinajstić information content (AvgIpc) is 2.41. The molecule has 2 rings (SSSR count). The largest absolute Gasteiger partial charge is 0.494 e. The zero-order valence-electron chi connectivity index (χ0n) is 10.2. The lowest BCUT2D eigenvalue weighted by Crippen LogP contribution is -2.43. The number of piperidine rings is 1. The number of aliphatic hydroxyl groups is 1. The number of ether oxygens (including phenoxy) is 1. The minimum absolute atomic E-state index is 0.0209. The van der Waals surface area contributed by atoms with Gasteiger partial charge in [-0.15, -0.1) is 0 Å². The zero-order chi connectivity index (χ0) is 12.0. The van der Waals surface area contributed by atoms with Crippen molar-refractivity contribution in [1.82, 2.24) is 5.32 Å². The lowest BCUT2D eigenvalue weighted by atomic mass is 9.79. The molecule has 2 N–H and O–H groups in total. The summed E-state index contributed by atoms with van der Waals surface area (Å²) in [5.74, 6) is 0.907. The van der Waals surface area contributed by atoms with E-state index >= 15 is 0 Å². The highest BCUT2D eigenvalue weighted by atomic mass is 16.5. The van der Waals surface area contributed by atoms with Gasteiger partial charge in [0.05, 0.1) is 13.2 Å². The number of nitrogens with one attached hydrogen (secondary N) is 1. The van der Waals surface area contributed by atoms with E-state index in [9.17, 15) is 5.11 Å². The van der Waals surface area contributed by atoms with Crippen molar-refractivity contribution < 1.29 is 9.84 Å². The molecule has 1 aliphatic rings. The standard InChI is InChI=1S/C14H21NO2/c16-12-14(7-4-9-15-11-14)8-10-17-13-5-2-1-3-6-13/h1-3,5-6,15-16H,4,7-12H2/t14-/m1/s1. The van der Waals surface area contributed by atoms with Gasteiger partial charge in [0.2, 0.25) is 0 Å². The van der Waals surface area contributed by atoms with E-state index in [0.29, 0.717) is 6.61 Å². The lowest BCUT2D eigenvalue weighted by molar-refractivity contribution is 0.0701. The molecule has 3 nitrogen and oxygen atoms in total. The van der Waals surface area contributed by atoms with Gasteiger partial charge in [0.25, 0.3) is 0 Å². The molecule has 0 aromatic heterocycles. The number of benzene rings is 1. The Balaban J connectivity index is 1.80. The van der Waals surface area contributed by atoms with Crippen LogP contribution in [0.5, 0.6) is 5.75 Å². The summed E-state index contributed by atoms with van der Waals surface area (Å²) in [6.45, 7) is 2.90. The summed E-state index contributed by atoms with van der Waals surface area (Å²) in [5, 5.41) is 12.9. The topological polar surface area (TPSA) is 41.5 Å². The van der Waals surface area contributed by atoms with Gasteiger partial charge in [-0.1, -0.05) is 18.2 Å². The fraction of sp³-hybridized carbons (Fsp3) is 0.571. The van der Waals surface area contributed by atoms with E-state index in [1.807, 2.05) is 30.3 Å². The Labute approximate surface area is 103 Å². The average molecular weight is 235 g/mol. The smallest absolute Gasteiger partial charge is 0.119 e. The van der Waals surface area contributed by atoms with Gasteiger partial charge in [0, 0.05) is 12.0 Å². The Morgan fingerprint density at radius 1 is 1.29 bits per heavy atom. The van der Waals surface area contributed by atoms with E-state index in [-0.39, 0.29) is 12.0 Å². The fourth-order valence-electron chi connectivity index (χ4n) is 2.36. The monoisotopic (exact) mass is 235 g/mol. The van der Waals surface area contributed by atoms with Crippen LogP contribution in [0.2, 0.25) is 0 Å². The fourth-order valence-corrected chi connectivity index (χ4v) is 2.36. The maximum absolute atomic E-state index is 9.54. The van der Waals surface area contributed by atoms with Crippen LogP contribution in [0.4, 0.5) is 0 Å². The van der Waals surface area contributed by atoms with Crippen LogP contribution < -0.4 is 10.1 Å². The first-order valence-corrected chi connectivity index (χ1v) is 6.34. The molecule has 0 spiro atoms. The van der Waals surface area contributed by atoms with E-state index in [0.717, 1.165) is 38.1 Å². The molecule has 1 heterocycles. The molecular weight excluding hydrogens is 214 g/mol. The highest BCUT2D eigenvalue weighted by Crippen LogP contribution is 2.29. The van der Waals surface area contributed by atoms with Crippen LogP contribution in [0.1, 0.15) is 19.3 Å². The van der Waals surface area contributed by atoms with Crippen molar-refractivity contribution in [1.29, 1.82) is 0 Å². The van der Waals surface area contributed by atoms with Crippen LogP contribution in [0.25, 0.3) is 0 Å². The first kappa shape index (κ1) is 12.4. The minimum Gasteiger partial charge on any atom is -0.494 e. The quantitative estimate of drug-likeness (QED) is 0.818. The molecule has 17 heavy (non-hydrogen) atoms. The van der Waals surface area contributed by atoms with Gasteiger partial charge in [-0.2, -0.15) is 0 Å². The summed E-state index contributed by atoms with van der Waals surface area (Å²) in [6.07, 6.45) is 3.14. The van der Waals surface area contributed by atoms with Crippen molar-refractivity contribution in [2.24, 2.45) is 5.41 Å². The number of hydrogen-bond acceptors (Lipinski definition) is 3. The molecule has 0 aliphatic carbocycles. The summed E-state index contributed by atoms with van der Waals surface area (Å²) < 4.78 is 5.70. The molecule has 94 valence electrons. The Morgan fingerprint density at radius 3 is 2.76 bits per heavy atom. The molecular formula is C14H21NO2. The maximum atomic E-state index is 9.54. The predicted octanol–water partition coefficient (Wildman–Crippen LogP) is 1.82. The van der Waals surface area contributed by atoms with Crippen LogP contribution in [0, 0.1) is 5.41 Å². The number of aliphatic hydroxyl groups excluding tert-OH is 1. The number of rotatable bonds is 5. The van der Waals surface area contributed by atoms with Crippen molar-refractivity contribution >= 4 is 0 Å². The summed E-state index contributed by atoms with van der Waals surface area (Å²) in [7, 11) is 0. The zero-order valence-corrected chi connectivity index (χ0v) is 10.2. The summed E-state index contributed by atoms with van der Waals surface area (Å²) >= 11 is 0. The van der Waals surface area contributed by atoms with Crippen molar-refractivity contribution in [3.8, 4) is 5.75 Å². The third kappa shape index (κ3) is 3.45. The van der Waals surface area contributed by atoms with Crippen LogP contribution in [0.3, 0.4) is 0 Å². The highest BCUT2D eigenvalue weighted by Gasteiger charge is 2.31. The summed E-state index contributed by atoms with van der Waals surface area (Å²) in [6, 6.07) is 9.85. The van der Waals surface area contributed by atoms with Crippen LogP contribution in [0.15, 0.2) is 30.3 Å². The molecule has 1 atom stereocenters. The van der Waals surface area contributed by atoms with Crippen LogP contribution in [-0.4, -0.2) is 31.4 Å². The van der Waals surface area contributed by atoms with Gasteiger partial charge in [0.1, 0.15) is 5.75 Å². The van der Waals surface area contributed by atoms with Gasteiger partial charge in [-0.25, -0.2) is 0 Å². The van der Waals surface area contributed by atoms with E-state index in [4.69, 9.17) is 4.74 Å². The molecule has 1 saturated heterocycles. The molecule has 1 aromatic rings. The van der Waals surface area contributed by atoms with Crippen LogP contribution in [-0.2, 0) is 0 Å². The molecule has 0 radical (unpaired) electrons. The van der Waals surface area contributed by atoms with Crippen molar-refractivity contribution in [3.63, 3.8) is 0 Å².